The van der Waals surface area contributed by atoms with Crippen LogP contribution in [0.5, 0.6) is 0 Å². The van der Waals surface area contributed by atoms with Crippen molar-refractivity contribution in [2.24, 2.45) is 0 Å². The largest absolute Gasteiger partial charge is 0.343 e. The summed E-state index contributed by atoms with van der Waals surface area (Å²) < 4.78 is 1.23. The number of H-pyrrole nitrogens is 1. The van der Waals surface area contributed by atoms with Crippen LogP contribution in [-0.4, -0.2) is 91.9 Å². The topological polar surface area (TPSA) is 107 Å². The molecule has 2 saturated heterocycles. The number of amides is 2. The van der Waals surface area contributed by atoms with Crippen molar-refractivity contribution in [3.8, 4) is 0 Å². The third kappa shape index (κ3) is 2.85. The SMILES string of the molecule is Cc1cc(=O)n2[nH]c(CC(=O)N3CCN4CCN(C)C(=O)C4C3)nc2n1. The van der Waals surface area contributed by atoms with Crippen LogP contribution in [0.25, 0.3) is 5.78 Å². The van der Waals surface area contributed by atoms with Gasteiger partial charge in [-0.25, -0.2) is 4.98 Å². The lowest BCUT2D eigenvalue weighted by Crippen LogP contribution is -2.64. The molecule has 0 radical (unpaired) electrons. The van der Waals surface area contributed by atoms with Crippen LogP contribution in [0.15, 0.2) is 10.9 Å². The van der Waals surface area contributed by atoms with Gasteiger partial charge in [0.25, 0.3) is 11.3 Å². The van der Waals surface area contributed by atoms with Gasteiger partial charge in [-0.15, -0.1) is 0 Å². The summed E-state index contributed by atoms with van der Waals surface area (Å²) in [5, 5.41) is 2.83. The Hall–Kier alpha value is -2.75. The van der Waals surface area contributed by atoms with Crippen molar-refractivity contribution in [3.63, 3.8) is 0 Å². The third-order valence-electron chi connectivity index (χ3n) is 5.05. The van der Waals surface area contributed by atoms with Crippen molar-refractivity contribution in [2.45, 2.75) is 19.4 Å². The van der Waals surface area contributed by atoms with E-state index in [1.165, 1.54) is 10.6 Å². The molecule has 1 unspecified atom stereocenters. The number of aromatic amines is 1. The van der Waals surface area contributed by atoms with E-state index in [4.69, 9.17) is 0 Å². The van der Waals surface area contributed by atoms with Crippen molar-refractivity contribution < 1.29 is 9.59 Å². The molecule has 2 amide bonds. The van der Waals surface area contributed by atoms with Gasteiger partial charge in [-0.05, 0) is 6.92 Å². The van der Waals surface area contributed by atoms with E-state index in [0.29, 0.717) is 31.2 Å². The second kappa shape index (κ2) is 6.20. The number of carbonyl (C=O) groups is 2. The Bertz CT molecular complexity index is 934. The Morgan fingerprint density at radius 3 is 2.81 bits per heavy atom. The average molecular weight is 359 g/mol. The molecule has 138 valence electrons. The van der Waals surface area contributed by atoms with E-state index in [2.05, 4.69) is 20.0 Å². The molecule has 1 atom stereocenters. The highest BCUT2D eigenvalue weighted by atomic mass is 16.2. The number of likely N-dealkylation sites (N-methyl/N-ethyl adjacent to an activating group) is 1. The van der Waals surface area contributed by atoms with Gasteiger partial charge in [-0.2, -0.15) is 9.50 Å². The van der Waals surface area contributed by atoms with Crippen LogP contribution in [0.3, 0.4) is 0 Å². The highest BCUT2D eigenvalue weighted by Gasteiger charge is 2.38. The van der Waals surface area contributed by atoms with Crippen LogP contribution in [0.4, 0.5) is 0 Å². The third-order valence-corrected chi connectivity index (χ3v) is 5.05. The van der Waals surface area contributed by atoms with E-state index in [1.807, 2.05) is 0 Å². The Labute approximate surface area is 149 Å². The maximum absolute atomic E-state index is 12.7. The number of nitrogens with one attached hydrogen (secondary N) is 1. The summed E-state index contributed by atoms with van der Waals surface area (Å²) in [5.74, 6) is 0.588. The van der Waals surface area contributed by atoms with Crippen molar-refractivity contribution in [3.05, 3.63) is 27.9 Å². The molecule has 26 heavy (non-hydrogen) atoms. The maximum atomic E-state index is 12.7. The van der Waals surface area contributed by atoms with Crippen LogP contribution in [0, 0.1) is 6.92 Å². The van der Waals surface area contributed by atoms with Crippen LogP contribution < -0.4 is 5.56 Å². The number of piperazine rings is 2. The minimum absolute atomic E-state index is 0.0403. The summed E-state index contributed by atoms with van der Waals surface area (Å²) in [7, 11) is 1.79. The minimum Gasteiger partial charge on any atom is -0.343 e. The van der Waals surface area contributed by atoms with Gasteiger partial charge in [0.1, 0.15) is 11.9 Å². The number of aryl methyl sites for hydroxylation is 1. The summed E-state index contributed by atoms with van der Waals surface area (Å²) in [5.41, 5.74) is 0.318. The normalized spacial score (nSPS) is 21.3. The first kappa shape index (κ1) is 16.7. The van der Waals surface area contributed by atoms with Crippen molar-refractivity contribution >= 4 is 17.6 Å². The Morgan fingerprint density at radius 1 is 1.23 bits per heavy atom. The van der Waals surface area contributed by atoms with Crippen molar-refractivity contribution in [1.82, 2.24) is 34.3 Å². The highest BCUT2D eigenvalue weighted by Crippen LogP contribution is 2.16. The zero-order valence-electron chi connectivity index (χ0n) is 14.8. The van der Waals surface area contributed by atoms with Gasteiger partial charge in [0, 0.05) is 51.5 Å². The smallest absolute Gasteiger partial charge is 0.274 e. The number of hydrogen-bond donors (Lipinski definition) is 1. The molecule has 10 heteroatoms. The Morgan fingerprint density at radius 2 is 2.00 bits per heavy atom. The van der Waals surface area contributed by atoms with Crippen molar-refractivity contribution in [2.75, 3.05) is 39.8 Å². The van der Waals surface area contributed by atoms with Gasteiger partial charge in [0.2, 0.25) is 11.8 Å². The van der Waals surface area contributed by atoms with Gasteiger partial charge in [-0.3, -0.25) is 24.4 Å². The van der Waals surface area contributed by atoms with E-state index < -0.39 is 0 Å². The number of rotatable bonds is 2. The molecule has 2 aromatic heterocycles. The number of aromatic nitrogens is 4. The summed E-state index contributed by atoms with van der Waals surface area (Å²) in [6.07, 6.45) is 0.0403. The minimum atomic E-state index is -0.269. The highest BCUT2D eigenvalue weighted by molar-refractivity contribution is 5.84. The lowest BCUT2D eigenvalue weighted by Gasteiger charge is -2.45. The lowest BCUT2D eigenvalue weighted by molar-refractivity contribution is -0.147. The predicted octanol–water partition coefficient (Wildman–Crippen LogP) is -1.75. The van der Waals surface area contributed by atoms with E-state index in [-0.39, 0.29) is 35.6 Å². The van der Waals surface area contributed by atoms with Gasteiger partial charge >= 0.3 is 0 Å². The molecular weight excluding hydrogens is 338 g/mol. The first-order chi connectivity index (χ1) is 12.4. The standard InChI is InChI=1S/C16H21N7O3/c1-10-7-14(25)23-16(17-10)18-12(19-23)8-13(24)22-6-5-21-4-3-20(2)15(26)11(21)9-22/h7,11H,3-6,8-9H2,1-2H3,(H,17,18,19). The zero-order chi connectivity index (χ0) is 18.4. The molecule has 0 saturated carbocycles. The second-order valence-corrected chi connectivity index (χ2v) is 6.87. The summed E-state index contributed by atoms with van der Waals surface area (Å²) in [6.45, 7) is 4.95. The number of fused-ring (bicyclic) bond motifs is 2. The van der Waals surface area contributed by atoms with Crippen molar-refractivity contribution in [1.29, 1.82) is 0 Å². The first-order valence-electron chi connectivity index (χ1n) is 8.64. The first-order valence-corrected chi connectivity index (χ1v) is 8.64. The molecule has 2 aliphatic heterocycles. The summed E-state index contributed by atoms with van der Waals surface area (Å²) in [6, 6.07) is 1.13. The zero-order valence-corrected chi connectivity index (χ0v) is 14.8. The fourth-order valence-corrected chi connectivity index (χ4v) is 3.56. The quantitative estimate of drug-likeness (QED) is 0.682. The number of carbonyl (C=O) groups excluding carboxylic acids is 2. The number of nitrogens with zero attached hydrogens (tertiary/aromatic N) is 6. The van der Waals surface area contributed by atoms with Crippen LogP contribution in [0.1, 0.15) is 11.5 Å². The number of hydrogen-bond acceptors (Lipinski definition) is 6. The Balaban J connectivity index is 1.49. The van der Waals surface area contributed by atoms with Gasteiger partial charge in [0.05, 0.1) is 6.42 Å². The fourth-order valence-electron chi connectivity index (χ4n) is 3.56. The monoisotopic (exact) mass is 359 g/mol. The maximum Gasteiger partial charge on any atom is 0.274 e. The predicted molar refractivity (Wildman–Crippen MR) is 91.6 cm³/mol. The Kier molecular flexibility index (Phi) is 3.98. The van der Waals surface area contributed by atoms with Gasteiger partial charge in [-0.1, -0.05) is 0 Å². The molecule has 10 nitrogen and oxygen atoms in total. The molecule has 0 bridgehead atoms. The van der Waals surface area contributed by atoms with Gasteiger partial charge in [0.15, 0.2) is 0 Å². The van der Waals surface area contributed by atoms with E-state index in [9.17, 15) is 14.4 Å². The fraction of sp³-hybridized carbons (Fsp3) is 0.562. The summed E-state index contributed by atoms with van der Waals surface area (Å²) >= 11 is 0. The second-order valence-electron chi connectivity index (χ2n) is 6.87. The van der Waals surface area contributed by atoms with Gasteiger partial charge < -0.3 is 9.80 Å². The van der Waals surface area contributed by atoms with E-state index in [1.54, 1.807) is 23.8 Å². The molecule has 4 rings (SSSR count). The summed E-state index contributed by atoms with van der Waals surface area (Å²) in [4.78, 5) is 50.9. The molecule has 0 spiro atoms. The molecule has 2 fully saturated rings. The van der Waals surface area contributed by atoms with Crippen LogP contribution >= 0.6 is 0 Å². The van der Waals surface area contributed by atoms with Crippen LogP contribution in [-0.2, 0) is 16.0 Å². The molecule has 0 aromatic carbocycles. The molecule has 2 aliphatic rings. The molecule has 0 aliphatic carbocycles. The lowest BCUT2D eigenvalue weighted by atomic mass is 10.1. The van der Waals surface area contributed by atoms with E-state index in [0.717, 1.165) is 13.1 Å². The van der Waals surface area contributed by atoms with Crippen LogP contribution in [0.2, 0.25) is 0 Å². The van der Waals surface area contributed by atoms with E-state index >= 15 is 0 Å². The average Bonchev–Trinajstić information content (AvgIpc) is 3.00. The molecular formula is C16H21N7O3. The molecule has 4 heterocycles. The molecule has 2 aromatic rings. The molecule has 1 N–H and O–H groups in total.